The molecule has 7 nitrogen and oxygen atoms in total. The van der Waals surface area contributed by atoms with Crippen molar-refractivity contribution in [1.82, 2.24) is 9.55 Å². The Kier molecular flexibility index (Phi) is 2.25. The number of alkyl halides is 1. The largest absolute Gasteiger partial charge is 0.390 e. The summed E-state index contributed by atoms with van der Waals surface area (Å²) in [5, 5.41) is 19.1. The fourth-order valence-corrected chi connectivity index (χ4v) is 2.30. The number of ether oxygens (including phenoxy) is 1. The molecule has 98 valence electrons. The number of nitrogen functional groups attached to an aromatic ring is 1. The van der Waals surface area contributed by atoms with Crippen molar-refractivity contribution in [3.8, 4) is 0 Å². The predicted octanol–water partition coefficient (Wildman–Crippen LogP) is -1.44. The summed E-state index contributed by atoms with van der Waals surface area (Å²) in [6.07, 6.45) is -4.05. The molecule has 1 spiro atoms. The Balaban J connectivity index is 1.96. The lowest BCUT2D eigenvalue weighted by Gasteiger charge is -2.15. The summed E-state index contributed by atoms with van der Waals surface area (Å²) in [5.74, 6) is 0.0198. The van der Waals surface area contributed by atoms with Crippen molar-refractivity contribution in [1.29, 1.82) is 0 Å². The number of aromatic nitrogens is 2. The molecule has 8 heteroatoms. The van der Waals surface area contributed by atoms with E-state index in [2.05, 4.69) is 4.98 Å². The second kappa shape index (κ2) is 3.50. The molecule has 1 aromatic rings. The first-order chi connectivity index (χ1) is 8.45. The van der Waals surface area contributed by atoms with E-state index < -0.39 is 35.9 Å². The zero-order valence-corrected chi connectivity index (χ0v) is 9.23. The Morgan fingerprint density at radius 1 is 1.61 bits per heavy atom. The van der Waals surface area contributed by atoms with Crippen LogP contribution in [0.4, 0.5) is 10.2 Å². The minimum absolute atomic E-state index is 0.0198. The molecule has 0 radical (unpaired) electrons. The molecule has 0 bridgehead atoms. The number of rotatable bonds is 1. The smallest absolute Gasteiger partial charge is 0.351 e. The van der Waals surface area contributed by atoms with Gasteiger partial charge in [-0.25, -0.2) is 9.18 Å². The number of hydrogen-bond donors (Lipinski definition) is 3. The number of nitrogens with two attached hydrogens (primary N) is 1. The van der Waals surface area contributed by atoms with Crippen LogP contribution in [0, 0.1) is 0 Å². The number of aliphatic hydroxyl groups is 2. The molecule has 2 heterocycles. The summed E-state index contributed by atoms with van der Waals surface area (Å²) >= 11 is 0. The van der Waals surface area contributed by atoms with Gasteiger partial charge in [0.2, 0.25) is 0 Å². The summed E-state index contributed by atoms with van der Waals surface area (Å²) in [7, 11) is 0. The molecule has 2 fully saturated rings. The molecule has 2 aliphatic rings. The van der Waals surface area contributed by atoms with Gasteiger partial charge in [-0.15, -0.1) is 0 Å². The van der Waals surface area contributed by atoms with E-state index in [9.17, 15) is 19.4 Å². The van der Waals surface area contributed by atoms with Gasteiger partial charge < -0.3 is 20.7 Å². The lowest BCUT2D eigenvalue weighted by molar-refractivity contribution is -0.0629. The van der Waals surface area contributed by atoms with Gasteiger partial charge in [-0.2, -0.15) is 4.98 Å². The summed E-state index contributed by atoms with van der Waals surface area (Å²) in [4.78, 5) is 15.0. The molecule has 0 amide bonds. The van der Waals surface area contributed by atoms with Gasteiger partial charge in [-0.05, 0) is 6.07 Å². The maximum absolute atomic E-state index is 14.0. The number of aliphatic hydroxyl groups excluding tert-OH is 2. The highest BCUT2D eigenvalue weighted by Crippen LogP contribution is 2.53. The Morgan fingerprint density at radius 3 is 2.78 bits per heavy atom. The second-order valence-corrected chi connectivity index (χ2v) is 4.61. The third kappa shape index (κ3) is 1.39. The molecule has 1 aromatic heterocycles. The van der Waals surface area contributed by atoms with Crippen LogP contribution in [-0.2, 0) is 4.74 Å². The van der Waals surface area contributed by atoms with Crippen LogP contribution in [0.5, 0.6) is 0 Å². The van der Waals surface area contributed by atoms with Gasteiger partial charge in [0.25, 0.3) is 0 Å². The van der Waals surface area contributed by atoms with Crippen LogP contribution in [-0.4, -0.2) is 43.7 Å². The van der Waals surface area contributed by atoms with Crippen LogP contribution in [0.1, 0.15) is 12.6 Å². The van der Waals surface area contributed by atoms with Crippen molar-refractivity contribution >= 4 is 5.82 Å². The zero-order chi connectivity index (χ0) is 13.1. The molecule has 0 aromatic carbocycles. The molecule has 4 N–H and O–H groups in total. The van der Waals surface area contributed by atoms with Crippen LogP contribution in [0.25, 0.3) is 0 Å². The van der Waals surface area contributed by atoms with Gasteiger partial charge in [0.15, 0.2) is 12.4 Å². The maximum Gasteiger partial charge on any atom is 0.351 e. The standard InChI is InChI=1S/C10H12FN3O4/c11-6-7(16)10(3-4(10)15)18-8(6)14-2-1-5(12)13-9(14)17/h1-2,4,6-8,15-16H,3H2,(H2,12,13,17)/t4-,6+,7-,8+,10?/m0/s1. The molecular formula is C10H12FN3O4. The molecule has 1 unspecified atom stereocenters. The molecule has 1 aliphatic heterocycles. The maximum atomic E-state index is 14.0. The first-order valence-corrected chi connectivity index (χ1v) is 5.48. The lowest BCUT2D eigenvalue weighted by Crippen LogP contribution is -2.34. The average Bonchev–Trinajstić information content (AvgIpc) is 2.90. The van der Waals surface area contributed by atoms with E-state index in [4.69, 9.17) is 10.5 Å². The highest BCUT2D eigenvalue weighted by atomic mass is 19.1. The molecule has 18 heavy (non-hydrogen) atoms. The summed E-state index contributed by atoms with van der Waals surface area (Å²) in [5.41, 5.74) is 3.28. The third-order valence-electron chi connectivity index (χ3n) is 3.46. The topological polar surface area (TPSA) is 111 Å². The van der Waals surface area contributed by atoms with E-state index in [1.54, 1.807) is 0 Å². The zero-order valence-electron chi connectivity index (χ0n) is 9.23. The summed E-state index contributed by atoms with van der Waals surface area (Å²) < 4.78 is 20.2. The minimum Gasteiger partial charge on any atom is -0.390 e. The minimum atomic E-state index is -1.80. The molecule has 5 atom stereocenters. The highest BCUT2D eigenvalue weighted by molar-refractivity contribution is 5.24. The second-order valence-electron chi connectivity index (χ2n) is 4.61. The van der Waals surface area contributed by atoms with Crippen molar-refractivity contribution < 1.29 is 19.3 Å². The van der Waals surface area contributed by atoms with Gasteiger partial charge in [0.1, 0.15) is 17.5 Å². The van der Waals surface area contributed by atoms with Crippen molar-refractivity contribution in [3.05, 3.63) is 22.7 Å². The van der Waals surface area contributed by atoms with Gasteiger partial charge in [0.05, 0.1) is 6.10 Å². The van der Waals surface area contributed by atoms with Crippen molar-refractivity contribution in [3.63, 3.8) is 0 Å². The van der Waals surface area contributed by atoms with Gasteiger partial charge in [0, 0.05) is 12.6 Å². The highest BCUT2D eigenvalue weighted by Gasteiger charge is 2.69. The van der Waals surface area contributed by atoms with E-state index in [1.165, 1.54) is 12.3 Å². The molecule has 1 saturated heterocycles. The van der Waals surface area contributed by atoms with Crippen LogP contribution < -0.4 is 11.4 Å². The first kappa shape index (κ1) is 11.6. The van der Waals surface area contributed by atoms with Crippen LogP contribution >= 0.6 is 0 Å². The number of hydrogen-bond acceptors (Lipinski definition) is 6. The number of anilines is 1. The average molecular weight is 257 g/mol. The molecule has 1 saturated carbocycles. The molecule has 1 aliphatic carbocycles. The van der Waals surface area contributed by atoms with Gasteiger partial charge in [-0.3, -0.25) is 4.57 Å². The third-order valence-corrected chi connectivity index (χ3v) is 3.46. The van der Waals surface area contributed by atoms with Crippen LogP contribution in [0.15, 0.2) is 17.1 Å². The quantitative estimate of drug-likeness (QED) is 0.568. The van der Waals surface area contributed by atoms with Crippen molar-refractivity contribution in [2.75, 3.05) is 5.73 Å². The molecule has 3 rings (SSSR count). The Labute approximate surface area is 101 Å². The van der Waals surface area contributed by atoms with E-state index in [0.717, 1.165) is 4.57 Å². The Bertz CT molecular complexity index is 550. The van der Waals surface area contributed by atoms with E-state index in [-0.39, 0.29) is 12.2 Å². The fraction of sp³-hybridized carbons (Fsp3) is 0.600. The van der Waals surface area contributed by atoms with E-state index in [0.29, 0.717) is 0 Å². The lowest BCUT2D eigenvalue weighted by atomic mass is 10.1. The van der Waals surface area contributed by atoms with E-state index >= 15 is 0 Å². The summed E-state index contributed by atoms with van der Waals surface area (Å²) in [6.45, 7) is 0. The normalized spacial score (nSPS) is 42.4. The summed E-state index contributed by atoms with van der Waals surface area (Å²) in [6, 6.07) is 1.33. The number of halogens is 1. The Hall–Kier alpha value is -1.51. The van der Waals surface area contributed by atoms with Gasteiger partial charge in [-0.1, -0.05) is 0 Å². The van der Waals surface area contributed by atoms with Crippen LogP contribution in [0.3, 0.4) is 0 Å². The van der Waals surface area contributed by atoms with Crippen molar-refractivity contribution in [2.45, 2.75) is 36.6 Å². The van der Waals surface area contributed by atoms with E-state index in [1.807, 2.05) is 0 Å². The first-order valence-electron chi connectivity index (χ1n) is 5.48. The predicted molar refractivity (Wildman–Crippen MR) is 57.3 cm³/mol. The Morgan fingerprint density at radius 2 is 2.28 bits per heavy atom. The fourth-order valence-electron chi connectivity index (χ4n) is 2.30. The van der Waals surface area contributed by atoms with Crippen LogP contribution in [0.2, 0.25) is 0 Å². The monoisotopic (exact) mass is 257 g/mol. The molecular weight excluding hydrogens is 245 g/mol. The van der Waals surface area contributed by atoms with Crippen molar-refractivity contribution in [2.24, 2.45) is 0 Å². The SMILES string of the molecule is Nc1ccn([C@@H]2OC3(C[C@@H]3O)[C@@H](O)[C@H]2F)c(=O)n1. The van der Waals surface area contributed by atoms with Gasteiger partial charge >= 0.3 is 5.69 Å². The number of nitrogens with zero attached hydrogens (tertiary/aromatic N) is 2.